The van der Waals surface area contributed by atoms with Crippen molar-refractivity contribution < 1.29 is 13.2 Å². The lowest BCUT2D eigenvalue weighted by molar-refractivity contribution is 0.187. The first-order valence-electron chi connectivity index (χ1n) is 8.47. The Kier molecular flexibility index (Phi) is 6.69. The average Bonchev–Trinajstić information content (AvgIpc) is 3.31. The summed E-state index contributed by atoms with van der Waals surface area (Å²) in [6.07, 6.45) is 3.11. The first-order chi connectivity index (χ1) is 12.3. The van der Waals surface area contributed by atoms with Crippen molar-refractivity contribution in [1.82, 2.24) is 4.98 Å². The minimum Gasteiger partial charge on any atom is -0.385 e. The number of azide groups is 1. The molecule has 1 aliphatic rings. The van der Waals surface area contributed by atoms with Crippen LogP contribution in [0.4, 0.5) is 11.6 Å². The molecule has 10 heteroatoms. The zero-order valence-corrected chi connectivity index (χ0v) is 16.4. The zero-order chi connectivity index (χ0) is 19.3. The average molecular weight is 382 g/mol. The van der Waals surface area contributed by atoms with Crippen LogP contribution in [0.2, 0.25) is 0 Å². The molecule has 1 fully saturated rings. The number of hydrogen-bond donors (Lipinski definition) is 1. The van der Waals surface area contributed by atoms with Crippen molar-refractivity contribution in [3.8, 4) is 0 Å². The van der Waals surface area contributed by atoms with Crippen molar-refractivity contribution >= 4 is 21.7 Å². The van der Waals surface area contributed by atoms with E-state index >= 15 is 0 Å². The zero-order valence-electron chi connectivity index (χ0n) is 15.6. The summed E-state index contributed by atoms with van der Waals surface area (Å²) in [5.74, 6) is 2.05. The van der Waals surface area contributed by atoms with E-state index in [2.05, 4.69) is 27.3 Å². The van der Waals surface area contributed by atoms with E-state index in [-0.39, 0.29) is 18.4 Å². The Hall–Kier alpha value is -2.03. The highest BCUT2D eigenvalue weighted by atomic mass is 32.2. The van der Waals surface area contributed by atoms with Gasteiger partial charge in [0, 0.05) is 31.7 Å². The van der Waals surface area contributed by atoms with Gasteiger partial charge in [-0.05, 0) is 47.9 Å². The summed E-state index contributed by atoms with van der Waals surface area (Å²) in [5.41, 5.74) is 9.26. The molecular weight excluding hydrogens is 356 g/mol. The van der Waals surface area contributed by atoms with E-state index in [0.29, 0.717) is 29.8 Å². The van der Waals surface area contributed by atoms with Gasteiger partial charge in [-0.3, -0.25) is 4.31 Å². The fraction of sp³-hybridized carbons (Fsp3) is 0.688. The molecule has 2 rings (SSSR count). The molecule has 0 amide bonds. The molecule has 9 nitrogen and oxygen atoms in total. The lowest BCUT2D eigenvalue weighted by Gasteiger charge is -2.22. The quantitative estimate of drug-likeness (QED) is 0.379. The molecule has 0 radical (unpaired) electrons. The molecule has 26 heavy (non-hydrogen) atoms. The van der Waals surface area contributed by atoms with Crippen LogP contribution in [0.25, 0.3) is 10.4 Å². The van der Waals surface area contributed by atoms with Gasteiger partial charge in [0.2, 0.25) is 10.0 Å². The third-order valence-corrected chi connectivity index (χ3v) is 5.85. The van der Waals surface area contributed by atoms with Crippen LogP contribution in [0.5, 0.6) is 0 Å². The third-order valence-electron chi connectivity index (χ3n) is 4.66. The molecule has 3 atom stereocenters. The molecule has 1 saturated carbocycles. The van der Waals surface area contributed by atoms with Crippen molar-refractivity contribution in [2.75, 3.05) is 36.6 Å². The molecule has 1 aromatic rings. The van der Waals surface area contributed by atoms with Crippen molar-refractivity contribution in [1.29, 1.82) is 0 Å². The summed E-state index contributed by atoms with van der Waals surface area (Å²) in [5, 5.41) is 6.99. The number of nitrogens with zero attached hydrogens (tertiary/aromatic N) is 5. The van der Waals surface area contributed by atoms with Gasteiger partial charge < -0.3 is 10.1 Å². The lowest BCUT2D eigenvalue weighted by Crippen LogP contribution is -2.28. The number of sulfonamides is 1. The van der Waals surface area contributed by atoms with E-state index in [1.54, 1.807) is 19.2 Å². The van der Waals surface area contributed by atoms with Crippen molar-refractivity contribution in [3.63, 3.8) is 0 Å². The second kappa shape index (κ2) is 8.57. The minimum atomic E-state index is -3.45. The summed E-state index contributed by atoms with van der Waals surface area (Å²) in [4.78, 5) is 7.22. The Balaban J connectivity index is 2.31. The maximum atomic E-state index is 11.9. The summed E-state index contributed by atoms with van der Waals surface area (Å²) in [6, 6.07) is 3.61. The Morgan fingerprint density at radius 2 is 2.23 bits per heavy atom. The molecule has 0 spiro atoms. The summed E-state index contributed by atoms with van der Waals surface area (Å²) in [6.45, 7) is 2.97. The summed E-state index contributed by atoms with van der Waals surface area (Å²) >= 11 is 0. The second-order valence-corrected chi connectivity index (χ2v) is 8.76. The molecule has 1 N–H and O–H groups in total. The summed E-state index contributed by atoms with van der Waals surface area (Å²) in [7, 11) is -0.325. The van der Waals surface area contributed by atoms with Crippen molar-refractivity contribution in [2.45, 2.75) is 32.4 Å². The lowest BCUT2D eigenvalue weighted by atomic mass is 10.1. The molecule has 1 aromatic heterocycles. The molecule has 0 saturated heterocycles. The van der Waals surface area contributed by atoms with Gasteiger partial charge in [-0.1, -0.05) is 12.0 Å². The highest BCUT2D eigenvalue weighted by molar-refractivity contribution is 7.92. The number of aromatic nitrogens is 1. The van der Waals surface area contributed by atoms with Crippen molar-refractivity contribution in [2.24, 2.45) is 17.0 Å². The number of hydrogen-bond acceptors (Lipinski definition) is 6. The van der Waals surface area contributed by atoms with Crippen LogP contribution in [0.15, 0.2) is 17.2 Å². The van der Waals surface area contributed by atoms with Gasteiger partial charge in [0.25, 0.3) is 0 Å². The van der Waals surface area contributed by atoms with Gasteiger partial charge in [-0.15, -0.1) is 0 Å². The molecule has 144 valence electrons. The minimum absolute atomic E-state index is 0.126. The molecule has 0 bridgehead atoms. The van der Waals surface area contributed by atoms with E-state index in [4.69, 9.17) is 10.3 Å². The highest BCUT2D eigenvalue weighted by Gasteiger charge is 2.39. The van der Waals surface area contributed by atoms with Gasteiger partial charge in [0.1, 0.15) is 11.6 Å². The number of rotatable bonds is 10. The molecular formula is C16H26N6O3S. The third kappa shape index (κ3) is 5.48. The Labute approximate surface area is 154 Å². The monoisotopic (exact) mass is 382 g/mol. The molecule has 1 heterocycles. The largest absolute Gasteiger partial charge is 0.385 e. The molecule has 1 aliphatic carbocycles. The number of methoxy groups -OCH3 is 1. The van der Waals surface area contributed by atoms with Gasteiger partial charge in [-0.25, -0.2) is 13.4 Å². The first kappa shape index (κ1) is 20.3. The van der Waals surface area contributed by atoms with E-state index < -0.39 is 10.0 Å². The van der Waals surface area contributed by atoms with Crippen LogP contribution in [0.3, 0.4) is 0 Å². The van der Waals surface area contributed by atoms with Crippen LogP contribution in [0.1, 0.15) is 25.3 Å². The van der Waals surface area contributed by atoms with E-state index in [1.165, 1.54) is 7.05 Å². The van der Waals surface area contributed by atoms with Gasteiger partial charge in [0.15, 0.2) is 0 Å². The second-order valence-electron chi connectivity index (χ2n) is 6.75. The predicted molar refractivity (Wildman–Crippen MR) is 102 cm³/mol. The normalized spacial score (nSPS) is 20.2. The predicted octanol–water partition coefficient (Wildman–Crippen LogP) is 2.76. The number of nitrogens with one attached hydrogen (secondary N) is 1. The number of pyridine rings is 1. The Bertz CT molecular complexity index is 778. The Morgan fingerprint density at radius 1 is 1.54 bits per heavy atom. The standard InChI is InChI=1S/C16H26N6O3S/c1-11-7-13(11)14(5-6-25-3)19-15-8-12(10-18-21-17)9-16(20-15)22(2)26(4,23)24/h8-9,11,13-14H,5-7,10H2,1-4H3,(H,19,20)/t11-,13-,14?/m0/s1. The molecule has 0 aliphatic heterocycles. The number of anilines is 2. The summed E-state index contributed by atoms with van der Waals surface area (Å²) < 4.78 is 30.0. The van der Waals surface area contributed by atoms with E-state index in [1.807, 2.05) is 0 Å². The molecule has 1 unspecified atom stereocenters. The van der Waals surface area contributed by atoms with Crippen LogP contribution in [0, 0.1) is 11.8 Å². The van der Waals surface area contributed by atoms with E-state index in [0.717, 1.165) is 23.4 Å². The highest BCUT2D eigenvalue weighted by Crippen LogP contribution is 2.42. The maximum Gasteiger partial charge on any atom is 0.233 e. The number of ether oxygens (including phenoxy) is 1. The topological polar surface area (TPSA) is 120 Å². The van der Waals surface area contributed by atoms with Crippen LogP contribution < -0.4 is 9.62 Å². The maximum absolute atomic E-state index is 11.9. The molecule has 0 aromatic carbocycles. The fourth-order valence-electron chi connectivity index (χ4n) is 2.92. The SMILES string of the molecule is COCCC(Nc1cc(CN=[N+]=[N-])cc(N(C)S(C)(=O)=O)n1)[C@H]1C[C@@H]1C. The van der Waals surface area contributed by atoms with Crippen LogP contribution in [-0.2, 0) is 21.3 Å². The van der Waals surface area contributed by atoms with Crippen molar-refractivity contribution in [3.05, 3.63) is 28.1 Å². The van der Waals surface area contributed by atoms with Crippen LogP contribution in [-0.4, -0.2) is 46.5 Å². The van der Waals surface area contributed by atoms with Gasteiger partial charge >= 0.3 is 0 Å². The van der Waals surface area contributed by atoms with Gasteiger partial charge in [0.05, 0.1) is 12.8 Å². The van der Waals surface area contributed by atoms with Crippen LogP contribution >= 0.6 is 0 Å². The van der Waals surface area contributed by atoms with E-state index in [9.17, 15) is 8.42 Å². The van der Waals surface area contributed by atoms with Gasteiger partial charge in [-0.2, -0.15) is 0 Å². The smallest absolute Gasteiger partial charge is 0.233 e. The fourth-order valence-corrected chi connectivity index (χ4v) is 3.35. The Morgan fingerprint density at radius 3 is 2.77 bits per heavy atom. The first-order valence-corrected chi connectivity index (χ1v) is 10.3.